The van der Waals surface area contributed by atoms with Gasteiger partial charge in [0.2, 0.25) is 0 Å². The Morgan fingerprint density at radius 3 is 2.52 bits per heavy atom. The molecule has 0 spiro atoms. The summed E-state index contributed by atoms with van der Waals surface area (Å²) in [5, 5.41) is 12.8. The Balaban J connectivity index is 2.43. The largest absolute Gasteiger partial charge is 0.476 e. The van der Waals surface area contributed by atoms with E-state index in [0.29, 0.717) is 11.4 Å². The Bertz CT molecular complexity index is 767. The van der Waals surface area contributed by atoms with Gasteiger partial charge in [0.15, 0.2) is 5.69 Å². The Kier molecular flexibility index (Phi) is 3.96. The number of benzene rings is 1. The van der Waals surface area contributed by atoms with E-state index in [-0.39, 0.29) is 5.69 Å². The minimum absolute atomic E-state index is 0.125. The minimum atomic E-state index is -3.67. The second-order valence-corrected chi connectivity index (χ2v) is 6.24. The van der Waals surface area contributed by atoms with E-state index in [0.717, 1.165) is 4.31 Å². The third-order valence-electron chi connectivity index (χ3n) is 2.68. The van der Waals surface area contributed by atoms with E-state index in [9.17, 15) is 13.2 Å². The number of nitrogens with one attached hydrogen (secondary N) is 1. The zero-order valence-corrected chi connectivity index (χ0v) is 12.2. The molecule has 112 valence electrons. The van der Waals surface area contributed by atoms with Crippen LogP contribution in [0.15, 0.2) is 36.5 Å². The third kappa shape index (κ3) is 3.20. The fraction of sp³-hybridized carbons (Fsp3) is 0.167. The van der Waals surface area contributed by atoms with E-state index in [1.165, 1.54) is 31.0 Å². The number of nitrogens with zero attached hydrogens (tertiary/aromatic N) is 3. The maximum Gasteiger partial charge on any atom is 0.356 e. The molecule has 1 aromatic carbocycles. The van der Waals surface area contributed by atoms with Gasteiger partial charge in [-0.15, -0.1) is 0 Å². The van der Waals surface area contributed by atoms with Gasteiger partial charge >= 0.3 is 16.2 Å². The van der Waals surface area contributed by atoms with Crippen molar-refractivity contribution in [2.75, 3.05) is 18.8 Å². The smallest absolute Gasteiger partial charge is 0.356 e. The quantitative estimate of drug-likeness (QED) is 0.849. The van der Waals surface area contributed by atoms with Crippen molar-refractivity contribution in [3.8, 4) is 5.69 Å². The zero-order valence-electron chi connectivity index (χ0n) is 11.4. The molecule has 0 amide bonds. The predicted octanol–water partition coefficient (Wildman–Crippen LogP) is 0.789. The van der Waals surface area contributed by atoms with Crippen LogP contribution in [0.5, 0.6) is 0 Å². The summed E-state index contributed by atoms with van der Waals surface area (Å²) in [7, 11) is -0.857. The minimum Gasteiger partial charge on any atom is -0.476 e. The van der Waals surface area contributed by atoms with Gasteiger partial charge in [-0.2, -0.15) is 17.8 Å². The summed E-state index contributed by atoms with van der Waals surface area (Å²) < 4.78 is 28.5. The molecule has 0 atom stereocenters. The van der Waals surface area contributed by atoms with Crippen LogP contribution in [0.4, 0.5) is 5.69 Å². The van der Waals surface area contributed by atoms with Crippen molar-refractivity contribution in [2.24, 2.45) is 0 Å². The number of anilines is 1. The van der Waals surface area contributed by atoms with Crippen LogP contribution in [0.1, 0.15) is 10.5 Å². The molecule has 2 aromatic rings. The first-order valence-corrected chi connectivity index (χ1v) is 7.34. The van der Waals surface area contributed by atoms with E-state index in [4.69, 9.17) is 5.11 Å². The van der Waals surface area contributed by atoms with Gasteiger partial charge in [0.25, 0.3) is 0 Å². The first-order valence-electron chi connectivity index (χ1n) is 5.90. The first-order chi connectivity index (χ1) is 9.81. The van der Waals surface area contributed by atoms with Crippen molar-refractivity contribution in [2.45, 2.75) is 0 Å². The van der Waals surface area contributed by atoms with Gasteiger partial charge in [-0.1, -0.05) is 12.1 Å². The maximum absolute atomic E-state index is 11.9. The number of aromatic nitrogens is 2. The topological polar surface area (TPSA) is 105 Å². The molecule has 0 fully saturated rings. The molecule has 1 heterocycles. The highest BCUT2D eigenvalue weighted by Crippen LogP contribution is 2.21. The molecule has 0 saturated heterocycles. The number of para-hydroxylation sites is 2. The molecule has 0 radical (unpaired) electrons. The van der Waals surface area contributed by atoms with Crippen molar-refractivity contribution in [3.05, 3.63) is 42.2 Å². The normalized spacial score (nSPS) is 11.6. The summed E-state index contributed by atoms with van der Waals surface area (Å²) in [4.78, 5) is 10.9. The van der Waals surface area contributed by atoms with Crippen LogP contribution in [0.3, 0.4) is 0 Å². The van der Waals surface area contributed by atoms with Crippen LogP contribution in [0.25, 0.3) is 5.69 Å². The average molecular weight is 310 g/mol. The summed E-state index contributed by atoms with van der Waals surface area (Å²) in [6.07, 6.45) is 1.45. The molecule has 1 aromatic heterocycles. The van der Waals surface area contributed by atoms with Crippen molar-refractivity contribution in [1.82, 2.24) is 14.1 Å². The molecule has 0 aliphatic heterocycles. The molecule has 9 heteroatoms. The van der Waals surface area contributed by atoms with E-state index in [1.807, 2.05) is 0 Å². The third-order valence-corrected chi connectivity index (χ3v) is 4.12. The highest BCUT2D eigenvalue weighted by Gasteiger charge is 2.16. The summed E-state index contributed by atoms with van der Waals surface area (Å²) in [6, 6.07) is 7.90. The molecule has 21 heavy (non-hydrogen) atoms. The van der Waals surface area contributed by atoms with Crippen LogP contribution in [0.2, 0.25) is 0 Å². The maximum atomic E-state index is 11.9. The SMILES string of the molecule is CN(C)S(=O)(=O)Nc1ccccc1-n1ccc(C(=O)O)n1. The lowest BCUT2D eigenvalue weighted by molar-refractivity contribution is 0.0690. The number of rotatable bonds is 5. The van der Waals surface area contributed by atoms with E-state index >= 15 is 0 Å². The average Bonchev–Trinajstić information content (AvgIpc) is 2.88. The molecular weight excluding hydrogens is 296 g/mol. The Labute approximate surface area is 121 Å². The summed E-state index contributed by atoms with van der Waals surface area (Å²) in [6.45, 7) is 0. The highest BCUT2D eigenvalue weighted by molar-refractivity contribution is 7.90. The molecule has 0 bridgehead atoms. The number of hydrogen-bond acceptors (Lipinski definition) is 4. The molecule has 0 aliphatic rings. The van der Waals surface area contributed by atoms with Crippen molar-refractivity contribution in [3.63, 3.8) is 0 Å². The predicted molar refractivity (Wildman–Crippen MR) is 76.8 cm³/mol. The lowest BCUT2D eigenvalue weighted by atomic mass is 10.3. The molecule has 0 aliphatic carbocycles. The first kappa shape index (κ1) is 15.0. The van der Waals surface area contributed by atoms with Gasteiger partial charge in [0, 0.05) is 20.3 Å². The lowest BCUT2D eigenvalue weighted by Gasteiger charge is -2.16. The van der Waals surface area contributed by atoms with E-state index in [2.05, 4.69) is 9.82 Å². The second kappa shape index (κ2) is 5.54. The summed E-state index contributed by atoms with van der Waals surface area (Å²) in [5.41, 5.74) is 0.599. The van der Waals surface area contributed by atoms with Crippen LogP contribution >= 0.6 is 0 Å². The van der Waals surface area contributed by atoms with Crippen molar-refractivity contribution < 1.29 is 18.3 Å². The number of aromatic carboxylic acids is 1. The number of carbonyl (C=O) groups is 1. The molecule has 0 saturated carbocycles. The monoisotopic (exact) mass is 310 g/mol. The van der Waals surface area contributed by atoms with Gasteiger partial charge in [-0.3, -0.25) is 4.72 Å². The Hall–Kier alpha value is -2.39. The summed E-state index contributed by atoms with van der Waals surface area (Å²) >= 11 is 0. The molecular formula is C12H14N4O4S. The van der Waals surface area contributed by atoms with Crippen LogP contribution in [-0.2, 0) is 10.2 Å². The molecule has 2 N–H and O–H groups in total. The van der Waals surface area contributed by atoms with Gasteiger partial charge in [0.1, 0.15) is 0 Å². The molecule has 0 unspecified atom stereocenters. The lowest BCUT2D eigenvalue weighted by Crippen LogP contribution is -2.29. The van der Waals surface area contributed by atoms with Crippen LogP contribution < -0.4 is 4.72 Å². The van der Waals surface area contributed by atoms with Crippen molar-refractivity contribution >= 4 is 21.9 Å². The van der Waals surface area contributed by atoms with Crippen LogP contribution in [-0.4, -0.2) is 47.7 Å². The van der Waals surface area contributed by atoms with E-state index in [1.54, 1.807) is 24.3 Å². The standard InChI is InChI=1S/C12H14N4O4S/c1-15(2)21(19,20)14-9-5-3-4-6-11(9)16-8-7-10(13-16)12(17)18/h3-8,14H,1-2H3,(H,17,18). The molecule has 2 rings (SSSR count). The number of carboxylic acid groups (broad SMARTS) is 1. The van der Waals surface area contributed by atoms with Gasteiger partial charge < -0.3 is 5.11 Å². The molecule has 8 nitrogen and oxygen atoms in total. The van der Waals surface area contributed by atoms with Crippen molar-refractivity contribution in [1.29, 1.82) is 0 Å². The van der Waals surface area contributed by atoms with Gasteiger partial charge in [0.05, 0.1) is 11.4 Å². The van der Waals surface area contributed by atoms with Crippen LogP contribution in [0, 0.1) is 0 Å². The number of hydrogen-bond donors (Lipinski definition) is 2. The fourth-order valence-electron chi connectivity index (χ4n) is 1.56. The van der Waals surface area contributed by atoms with E-state index < -0.39 is 16.2 Å². The summed E-state index contributed by atoms with van der Waals surface area (Å²) in [5.74, 6) is -1.15. The van der Waals surface area contributed by atoms with Gasteiger partial charge in [-0.25, -0.2) is 9.48 Å². The van der Waals surface area contributed by atoms with Gasteiger partial charge in [-0.05, 0) is 18.2 Å². The zero-order chi connectivity index (χ0) is 15.6. The fourth-order valence-corrected chi connectivity index (χ4v) is 2.20. The number of carboxylic acids is 1. The Morgan fingerprint density at radius 2 is 1.95 bits per heavy atom. The second-order valence-electron chi connectivity index (χ2n) is 4.36. The highest BCUT2D eigenvalue weighted by atomic mass is 32.2. The Morgan fingerprint density at radius 1 is 1.29 bits per heavy atom.